The van der Waals surface area contributed by atoms with Crippen LogP contribution in [0.1, 0.15) is 52.4 Å². The number of rotatable bonds is 10. The Labute approximate surface area is 108 Å². The Hall–Kier alpha value is 0.479. The Bertz CT molecular complexity index is 177. The molecule has 0 amide bonds. The summed E-state index contributed by atoms with van der Waals surface area (Å²) < 4.78 is 1.50. The van der Waals surface area contributed by atoms with Gasteiger partial charge in [0.05, 0.1) is 0 Å². The molecule has 1 atom stereocenters. The Morgan fingerprint density at radius 3 is 2.53 bits per heavy atom. The van der Waals surface area contributed by atoms with Crippen LogP contribution in [-0.4, -0.2) is 25.1 Å². The molecular weight excluding hydrogens is 267 g/mol. The van der Waals surface area contributed by atoms with E-state index in [2.05, 4.69) is 42.1 Å². The zero-order valence-corrected chi connectivity index (χ0v) is 12.7. The normalized spacial score (nSPS) is 12.4. The number of hydrogen-bond donors (Lipinski definition) is 0. The second-order valence-corrected chi connectivity index (χ2v) is 6.53. The van der Waals surface area contributed by atoms with Crippen LogP contribution in [0, 0.1) is 5.92 Å². The van der Waals surface area contributed by atoms with Gasteiger partial charge in [0.15, 0.2) is 0 Å². The zero-order valence-electron chi connectivity index (χ0n) is 10.1. The number of thioether (sulfide) groups is 1. The van der Waals surface area contributed by atoms with Crippen molar-refractivity contribution in [1.82, 2.24) is 0 Å². The van der Waals surface area contributed by atoms with Crippen molar-refractivity contribution < 1.29 is 0 Å². The molecule has 0 nitrogen and oxygen atoms in total. The Balaban J connectivity index is 3.86. The average molecular weight is 291 g/mol. The monoisotopic (exact) mass is 292 g/mol. The molecule has 0 saturated heterocycles. The van der Waals surface area contributed by atoms with E-state index >= 15 is 0 Å². The van der Waals surface area contributed by atoms with Crippen LogP contribution in [-0.2, 0) is 0 Å². The molecular formula is C13H24SSe. The number of unbranched alkanes of at least 4 members (excludes halogenated alkanes) is 2. The van der Waals surface area contributed by atoms with Crippen LogP contribution in [0.5, 0.6) is 0 Å². The molecule has 0 radical (unpaired) electrons. The predicted octanol–water partition coefficient (Wildman–Crippen LogP) is 4.20. The summed E-state index contributed by atoms with van der Waals surface area (Å²) in [6.07, 6.45) is 9.73. The minimum atomic E-state index is 0.712. The molecule has 0 aliphatic rings. The molecule has 0 aromatic carbocycles. The van der Waals surface area contributed by atoms with Gasteiger partial charge >= 0.3 is 108 Å². The minimum absolute atomic E-state index is 0.712. The van der Waals surface area contributed by atoms with Gasteiger partial charge in [0.1, 0.15) is 0 Å². The van der Waals surface area contributed by atoms with E-state index in [1.165, 1.54) is 41.6 Å². The van der Waals surface area contributed by atoms with Gasteiger partial charge in [-0.05, 0) is 0 Å². The van der Waals surface area contributed by atoms with Crippen LogP contribution in [0.15, 0.2) is 12.7 Å². The topological polar surface area (TPSA) is 0 Å². The maximum atomic E-state index is 3.85. The van der Waals surface area contributed by atoms with E-state index in [4.69, 9.17) is 0 Å². The van der Waals surface area contributed by atoms with E-state index in [-0.39, 0.29) is 0 Å². The van der Waals surface area contributed by atoms with Gasteiger partial charge in [-0.15, -0.1) is 0 Å². The third-order valence-corrected chi connectivity index (χ3v) is 4.98. The number of allylic oxidation sites excluding steroid dienone is 1. The van der Waals surface area contributed by atoms with Crippen LogP contribution in [0.4, 0.5) is 0 Å². The van der Waals surface area contributed by atoms with Gasteiger partial charge in [-0.1, -0.05) is 0 Å². The summed E-state index contributed by atoms with van der Waals surface area (Å²) in [5, 5.41) is 0. The first-order valence-corrected chi connectivity index (χ1v) is 7.87. The summed E-state index contributed by atoms with van der Waals surface area (Å²) >= 11 is 5.27. The molecule has 0 bridgehead atoms. The molecule has 88 valence electrons. The molecule has 1 unspecified atom stereocenters. The Morgan fingerprint density at radius 2 is 2.00 bits per heavy atom. The Kier molecular flexibility index (Phi) is 11.3. The van der Waals surface area contributed by atoms with Crippen molar-refractivity contribution in [1.29, 1.82) is 0 Å². The molecule has 0 N–H and O–H groups in total. The fourth-order valence-corrected chi connectivity index (χ4v) is 3.48. The van der Waals surface area contributed by atoms with E-state index < -0.39 is 0 Å². The first-order chi connectivity index (χ1) is 7.26. The summed E-state index contributed by atoms with van der Waals surface area (Å²) in [5.41, 5.74) is 0. The van der Waals surface area contributed by atoms with Gasteiger partial charge in [0.25, 0.3) is 0 Å². The molecule has 0 aromatic rings. The standard InChI is InChI=1S/C13H24SSe/c1-4-7-10-12(9-6-3)13(15)14-11-8-5-2/h6,12H,3-5,7-11H2,1-2H3. The van der Waals surface area contributed by atoms with Crippen molar-refractivity contribution in [3.05, 3.63) is 12.7 Å². The fourth-order valence-electron chi connectivity index (χ4n) is 1.42. The van der Waals surface area contributed by atoms with Gasteiger partial charge in [-0.3, -0.25) is 0 Å². The van der Waals surface area contributed by atoms with Crippen LogP contribution in [0.3, 0.4) is 0 Å². The Morgan fingerprint density at radius 1 is 1.33 bits per heavy atom. The summed E-state index contributed by atoms with van der Waals surface area (Å²) in [4.78, 5) is 0. The van der Waals surface area contributed by atoms with Crippen molar-refractivity contribution in [2.45, 2.75) is 52.4 Å². The molecule has 0 heterocycles. The van der Waals surface area contributed by atoms with E-state index in [1.807, 2.05) is 11.8 Å². The van der Waals surface area contributed by atoms with E-state index in [0.717, 1.165) is 6.42 Å². The third-order valence-electron chi connectivity index (χ3n) is 2.43. The van der Waals surface area contributed by atoms with Gasteiger partial charge in [-0.25, -0.2) is 0 Å². The second kappa shape index (κ2) is 11.0. The van der Waals surface area contributed by atoms with Crippen molar-refractivity contribution in [2.75, 3.05) is 5.75 Å². The first-order valence-electron chi connectivity index (χ1n) is 6.03. The summed E-state index contributed by atoms with van der Waals surface area (Å²) in [6, 6.07) is 0. The molecule has 0 aliphatic heterocycles. The van der Waals surface area contributed by atoms with Crippen molar-refractivity contribution in [3.8, 4) is 0 Å². The van der Waals surface area contributed by atoms with E-state index in [9.17, 15) is 0 Å². The summed E-state index contributed by atoms with van der Waals surface area (Å²) in [5.74, 6) is 1.97. The molecule has 0 aromatic heterocycles. The van der Waals surface area contributed by atoms with Gasteiger partial charge in [-0.2, -0.15) is 0 Å². The van der Waals surface area contributed by atoms with Crippen LogP contribution in [0.25, 0.3) is 0 Å². The van der Waals surface area contributed by atoms with E-state index in [0.29, 0.717) is 5.92 Å². The number of hydrogen-bond acceptors (Lipinski definition) is 1. The van der Waals surface area contributed by atoms with Crippen LogP contribution in [0.2, 0.25) is 0 Å². The average Bonchev–Trinajstić information content (AvgIpc) is 2.24. The molecule has 0 rings (SSSR count). The van der Waals surface area contributed by atoms with E-state index in [1.54, 1.807) is 0 Å². The SMILES string of the molecule is C=CCC(CCCC)C(=[Se])SCCCC. The fraction of sp³-hybridized carbons (Fsp3) is 0.769. The zero-order chi connectivity index (χ0) is 11.5. The molecule has 0 fully saturated rings. The molecule has 2 heteroatoms. The van der Waals surface area contributed by atoms with Gasteiger partial charge in [0, 0.05) is 0 Å². The van der Waals surface area contributed by atoms with Crippen molar-refractivity contribution in [2.24, 2.45) is 5.92 Å². The van der Waals surface area contributed by atoms with Crippen molar-refractivity contribution >= 4 is 31.1 Å². The van der Waals surface area contributed by atoms with Crippen molar-refractivity contribution in [3.63, 3.8) is 0 Å². The first kappa shape index (κ1) is 15.5. The maximum absolute atomic E-state index is 3.85. The summed E-state index contributed by atoms with van der Waals surface area (Å²) in [7, 11) is 0. The molecule has 0 spiro atoms. The summed E-state index contributed by atoms with van der Waals surface area (Å²) in [6.45, 7) is 8.36. The molecule has 15 heavy (non-hydrogen) atoms. The molecule has 0 aliphatic carbocycles. The predicted molar refractivity (Wildman–Crippen MR) is 76.0 cm³/mol. The van der Waals surface area contributed by atoms with Crippen LogP contribution >= 0.6 is 11.8 Å². The quantitative estimate of drug-likeness (QED) is 0.330. The molecule has 0 saturated carbocycles. The van der Waals surface area contributed by atoms with Crippen LogP contribution < -0.4 is 0 Å². The second-order valence-electron chi connectivity index (χ2n) is 3.88. The third kappa shape index (κ3) is 8.30. The van der Waals surface area contributed by atoms with Gasteiger partial charge < -0.3 is 0 Å². The van der Waals surface area contributed by atoms with Gasteiger partial charge in [0.2, 0.25) is 0 Å².